The molecule has 0 aromatic heterocycles. The van der Waals surface area contributed by atoms with Crippen LogP contribution >= 0.6 is 0 Å². The summed E-state index contributed by atoms with van der Waals surface area (Å²) in [5.41, 5.74) is 6.15. The van der Waals surface area contributed by atoms with Crippen molar-refractivity contribution in [1.29, 1.82) is 0 Å². The quantitative estimate of drug-likeness (QED) is 0.377. The largest absolute Gasteiger partial charge is 0.493 e. The Morgan fingerprint density at radius 1 is 1.30 bits per heavy atom. The highest BCUT2D eigenvalue weighted by molar-refractivity contribution is 7.89. The van der Waals surface area contributed by atoms with E-state index >= 15 is 0 Å². The molecule has 0 bridgehead atoms. The fourth-order valence-corrected chi connectivity index (χ4v) is 3.07. The lowest BCUT2D eigenvalue weighted by molar-refractivity contribution is -0.124. The summed E-state index contributed by atoms with van der Waals surface area (Å²) < 4.78 is 36.5. The van der Waals surface area contributed by atoms with E-state index in [4.69, 9.17) is 15.9 Å². The number of sulfonamides is 1. The summed E-state index contributed by atoms with van der Waals surface area (Å²) in [5, 5.41) is 0. The number of amides is 1. The van der Waals surface area contributed by atoms with Gasteiger partial charge in [-0.3, -0.25) is 10.2 Å². The molecule has 27 heavy (non-hydrogen) atoms. The lowest BCUT2D eigenvalue weighted by atomic mass is 10.1. The third kappa shape index (κ3) is 7.46. The van der Waals surface area contributed by atoms with E-state index in [0.29, 0.717) is 18.0 Å². The van der Waals surface area contributed by atoms with Gasteiger partial charge >= 0.3 is 0 Å². The highest BCUT2D eigenvalue weighted by atomic mass is 32.2. The standard InChI is InChI=1S/C18H27N3O5S/c1-6-10-26-15-9-8-14(11-16(15)25-5)12-19-20-18(22)17(13(3)4)21-27(23,24)7-2/h1,8-9,11,13,17,19,21H,7,10,12H2,2-5H3,(H,20,22). The van der Waals surface area contributed by atoms with Gasteiger partial charge in [0, 0.05) is 6.54 Å². The van der Waals surface area contributed by atoms with E-state index < -0.39 is 22.0 Å². The Labute approximate surface area is 161 Å². The van der Waals surface area contributed by atoms with Crippen LogP contribution in [0.5, 0.6) is 11.5 Å². The lowest BCUT2D eigenvalue weighted by Gasteiger charge is -2.21. The van der Waals surface area contributed by atoms with Crippen LogP contribution < -0.4 is 25.0 Å². The molecule has 0 saturated carbocycles. The third-order valence-electron chi connectivity index (χ3n) is 3.68. The van der Waals surface area contributed by atoms with E-state index in [9.17, 15) is 13.2 Å². The van der Waals surface area contributed by atoms with E-state index in [0.717, 1.165) is 5.56 Å². The summed E-state index contributed by atoms with van der Waals surface area (Å²) in [6.45, 7) is 5.49. The summed E-state index contributed by atoms with van der Waals surface area (Å²) in [6.07, 6.45) is 5.18. The van der Waals surface area contributed by atoms with Gasteiger partial charge in [-0.1, -0.05) is 25.8 Å². The number of rotatable bonds is 11. The molecule has 0 heterocycles. The zero-order valence-electron chi connectivity index (χ0n) is 16.0. The number of methoxy groups -OCH3 is 1. The van der Waals surface area contributed by atoms with Crippen molar-refractivity contribution in [1.82, 2.24) is 15.6 Å². The van der Waals surface area contributed by atoms with Crippen molar-refractivity contribution >= 4 is 15.9 Å². The van der Waals surface area contributed by atoms with Crippen LogP contribution in [0.4, 0.5) is 0 Å². The van der Waals surface area contributed by atoms with Crippen LogP contribution in [0.2, 0.25) is 0 Å². The van der Waals surface area contributed by atoms with Crippen LogP contribution in [0, 0.1) is 18.3 Å². The van der Waals surface area contributed by atoms with Crippen molar-refractivity contribution in [3.05, 3.63) is 23.8 Å². The summed E-state index contributed by atoms with van der Waals surface area (Å²) in [5.74, 6) is 2.67. The number of terminal acetylenes is 1. The predicted molar refractivity (Wildman–Crippen MR) is 104 cm³/mol. The van der Waals surface area contributed by atoms with E-state index in [1.165, 1.54) is 14.0 Å². The Morgan fingerprint density at radius 2 is 2.00 bits per heavy atom. The van der Waals surface area contributed by atoms with Gasteiger partial charge in [0.25, 0.3) is 5.91 Å². The van der Waals surface area contributed by atoms with Gasteiger partial charge in [0.15, 0.2) is 11.5 Å². The highest BCUT2D eigenvalue weighted by Gasteiger charge is 2.26. The molecule has 1 atom stereocenters. The first-order chi connectivity index (χ1) is 12.7. The number of benzene rings is 1. The van der Waals surface area contributed by atoms with Crippen LogP contribution in [0.25, 0.3) is 0 Å². The fraction of sp³-hybridized carbons (Fsp3) is 0.500. The van der Waals surface area contributed by atoms with Crippen molar-refractivity contribution in [2.45, 2.75) is 33.4 Å². The van der Waals surface area contributed by atoms with Crippen molar-refractivity contribution in [3.63, 3.8) is 0 Å². The Kier molecular flexibility index (Phi) is 9.08. The van der Waals surface area contributed by atoms with Crippen LogP contribution in [0.15, 0.2) is 18.2 Å². The zero-order chi connectivity index (χ0) is 20.4. The van der Waals surface area contributed by atoms with Crippen molar-refractivity contribution in [2.24, 2.45) is 5.92 Å². The maximum absolute atomic E-state index is 12.3. The SMILES string of the molecule is C#CCOc1ccc(CNNC(=O)C(NS(=O)(=O)CC)C(C)C)cc1OC. The fourth-order valence-electron chi connectivity index (χ4n) is 2.14. The van der Waals surface area contributed by atoms with Gasteiger partial charge in [-0.2, -0.15) is 0 Å². The number of hydrogen-bond acceptors (Lipinski definition) is 6. The minimum Gasteiger partial charge on any atom is -0.493 e. The first-order valence-electron chi connectivity index (χ1n) is 8.50. The second-order valence-electron chi connectivity index (χ2n) is 6.06. The molecule has 1 aromatic carbocycles. The lowest BCUT2D eigenvalue weighted by Crippen LogP contribution is -2.53. The molecule has 0 aliphatic carbocycles. The van der Waals surface area contributed by atoms with Crippen LogP contribution in [0.3, 0.4) is 0 Å². The number of ether oxygens (including phenoxy) is 2. The average molecular weight is 397 g/mol. The number of carbonyl (C=O) groups is 1. The van der Waals surface area contributed by atoms with Crippen molar-refractivity contribution in [3.8, 4) is 23.8 Å². The molecule has 1 amide bonds. The first kappa shape index (κ1) is 22.8. The molecular weight excluding hydrogens is 370 g/mol. The Balaban J connectivity index is 2.67. The zero-order valence-corrected chi connectivity index (χ0v) is 16.9. The van der Waals surface area contributed by atoms with Crippen molar-refractivity contribution in [2.75, 3.05) is 19.5 Å². The summed E-state index contributed by atoms with van der Waals surface area (Å²) in [7, 11) is -1.97. The van der Waals surface area contributed by atoms with E-state index in [1.54, 1.807) is 32.0 Å². The summed E-state index contributed by atoms with van der Waals surface area (Å²) in [4.78, 5) is 12.3. The molecule has 8 nitrogen and oxygen atoms in total. The van der Waals surface area contributed by atoms with Gasteiger partial charge in [0.1, 0.15) is 12.6 Å². The van der Waals surface area contributed by atoms with Gasteiger partial charge in [-0.15, -0.1) is 6.42 Å². The van der Waals surface area contributed by atoms with Gasteiger partial charge in [0.05, 0.1) is 12.9 Å². The monoisotopic (exact) mass is 397 g/mol. The van der Waals surface area contributed by atoms with E-state index in [1.807, 2.05) is 0 Å². The molecule has 1 rings (SSSR count). The normalized spacial score (nSPS) is 12.3. The number of carbonyl (C=O) groups excluding carboxylic acids is 1. The molecular formula is C18H27N3O5S. The minimum atomic E-state index is -3.49. The maximum atomic E-state index is 12.3. The molecule has 1 unspecified atom stereocenters. The number of hydrogen-bond donors (Lipinski definition) is 3. The molecule has 0 fully saturated rings. The topological polar surface area (TPSA) is 106 Å². The molecule has 0 saturated heterocycles. The molecule has 0 aliphatic heterocycles. The molecule has 1 aromatic rings. The van der Waals surface area contributed by atoms with Crippen molar-refractivity contribution < 1.29 is 22.7 Å². The molecule has 0 aliphatic rings. The molecule has 9 heteroatoms. The van der Waals surface area contributed by atoms with Gasteiger partial charge < -0.3 is 9.47 Å². The molecule has 3 N–H and O–H groups in total. The van der Waals surface area contributed by atoms with Crippen LogP contribution in [-0.4, -0.2) is 39.8 Å². The Hall–Kier alpha value is -2.28. The Morgan fingerprint density at radius 3 is 2.56 bits per heavy atom. The van der Waals surface area contributed by atoms with E-state index in [-0.39, 0.29) is 18.3 Å². The molecule has 150 valence electrons. The smallest absolute Gasteiger partial charge is 0.252 e. The summed E-state index contributed by atoms with van der Waals surface area (Å²) >= 11 is 0. The van der Waals surface area contributed by atoms with Gasteiger partial charge in [-0.05, 0) is 30.5 Å². The second-order valence-corrected chi connectivity index (χ2v) is 8.11. The first-order valence-corrected chi connectivity index (χ1v) is 10.1. The van der Waals surface area contributed by atoms with Gasteiger partial charge in [0.2, 0.25) is 10.0 Å². The predicted octanol–water partition coefficient (Wildman–Crippen LogP) is 0.792. The third-order valence-corrected chi connectivity index (χ3v) is 5.05. The number of nitrogens with one attached hydrogen (secondary N) is 3. The molecule has 0 radical (unpaired) electrons. The second kappa shape index (κ2) is 10.8. The minimum absolute atomic E-state index is 0.0924. The number of hydrazine groups is 1. The highest BCUT2D eigenvalue weighted by Crippen LogP contribution is 2.27. The van der Waals surface area contributed by atoms with Crippen LogP contribution in [0.1, 0.15) is 26.3 Å². The van der Waals surface area contributed by atoms with E-state index in [2.05, 4.69) is 21.5 Å². The summed E-state index contributed by atoms with van der Waals surface area (Å²) in [6, 6.07) is 4.41. The average Bonchev–Trinajstić information content (AvgIpc) is 2.64. The maximum Gasteiger partial charge on any atom is 0.252 e. The molecule has 0 spiro atoms. The van der Waals surface area contributed by atoms with Crippen LogP contribution in [-0.2, 0) is 21.4 Å². The Bertz CT molecular complexity index is 772. The van der Waals surface area contributed by atoms with Gasteiger partial charge in [-0.25, -0.2) is 18.6 Å².